The van der Waals surface area contributed by atoms with Crippen LogP contribution in [-0.4, -0.2) is 53.7 Å². The molecule has 0 bridgehead atoms. The van der Waals surface area contributed by atoms with Crippen molar-refractivity contribution < 1.29 is 14.7 Å². The van der Waals surface area contributed by atoms with Crippen molar-refractivity contribution in [3.63, 3.8) is 0 Å². The zero-order valence-corrected chi connectivity index (χ0v) is 11.8. The van der Waals surface area contributed by atoms with Gasteiger partial charge in [0.25, 0.3) is 0 Å². The van der Waals surface area contributed by atoms with E-state index in [2.05, 4.69) is 10.6 Å². The molecule has 1 heterocycles. The molecule has 0 aromatic heterocycles. The van der Waals surface area contributed by atoms with E-state index in [1.807, 2.05) is 13.8 Å². The number of urea groups is 1. The fraction of sp³-hybridized carbons (Fsp3) is 0.846. The Morgan fingerprint density at radius 2 is 2.00 bits per heavy atom. The molecule has 6 heteroatoms. The minimum absolute atomic E-state index is 0.210. The van der Waals surface area contributed by atoms with Gasteiger partial charge < -0.3 is 20.6 Å². The second-order valence-electron chi connectivity index (χ2n) is 4.90. The van der Waals surface area contributed by atoms with Crippen molar-refractivity contribution in [2.45, 2.75) is 51.6 Å². The molecule has 2 amide bonds. The van der Waals surface area contributed by atoms with Gasteiger partial charge in [-0.2, -0.15) is 0 Å². The molecule has 0 saturated carbocycles. The Labute approximate surface area is 114 Å². The summed E-state index contributed by atoms with van der Waals surface area (Å²) in [7, 11) is 0. The molecule has 0 aromatic carbocycles. The van der Waals surface area contributed by atoms with Crippen LogP contribution in [0, 0.1) is 0 Å². The summed E-state index contributed by atoms with van der Waals surface area (Å²) in [5.74, 6) is -0.962. The number of carboxylic acid groups (broad SMARTS) is 1. The van der Waals surface area contributed by atoms with Gasteiger partial charge in [0.05, 0.1) is 0 Å². The molecule has 0 aliphatic carbocycles. The Bertz CT molecular complexity index is 304. The number of carbonyl (C=O) groups excluding carboxylic acids is 1. The Morgan fingerprint density at radius 1 is 1.37 bits per heavy atom. The first kappa shape index (κ1) is 15.8. The normalized spacial score (nSPS) is 17.8. The van der Waals surface area contributed by atoms with Gasteiger partial charge in [0.15, 0.2) is 0 Å². The number of nitrogens with one attached hydrogen (secondary N) is 2. The monoisotopic (exact) mass is 271 g/mol. The number of hydrogen-bond donors (Lipinski definition) is 3. The van der Waals surface area contributed by atoms with Gasteiger partial charge in [0.1, 0.15) is 6.04 Å². The van der Waals surface area contributed by atoms with E-state index >= 15 is 0 Å². The molecule has 0 spiro atoms. The highest BCUT2D eigenvalue weighted by atomic mass is 16.4. The summed E-state index contributed by atoms with van der Waals surface area (Å²) in [5.41, 5.74) is 0. The van der Waals surface area contributed by atoms with Crippen molar-refractivity contribution in [2.75, 3.05) is 19.6 Å². The maximum Gasteiger partial charge on any atom is 0.326 e. The maximum absolute atomic E-state index is 12.2. The van der Waals surface area contributed by atoms with Crippen LogP contribution in [0.5, 0.6) is 0 Å². The van der Waals surface area contributed by atoms with Gasteiger partial charge in [-0.25, -0.2) is 9.59 Å². The van der Waals surface area contributed by atoms with Crippen molar-refractivity contribution in [2.24, 2.45) is 0 Å². The summed E-state index contributed by atoms with van der Waals surface area (Å²) in [4.78, 5) is 25.0. The minimum atomic E-state index is -0.962. The molecule has 1 saturated heterocycles. The average molecular weight is 271 g/mol. The van der Waals surface area contributed by atoms with Crippen LogP contribution < -0.4 is 10.6 Å². The molecule has 0 radical (unpaired) electrons. The highest BCUT2D eigenvalue weighted by Gasteiger charge is 2.27. The third-order valence-corrected chi connectivity index (χ3v) is 3.52. The predicted molar refractivity (Wildman–Crippen MR) is 73.1 cm³/mol. The van der Waals surface area contributed by atoms with Gasteiger partial charge in [-0.15, -0.1) is 0 Å². The lowest BCUT2D eigenvalue weighted by atomic mass is 10.1. The van der Waals surface area contributed by atoms with Crippen molar-refractivity contribution in [3.8, 4) is 0 Å². The lowest BCUT2D eigenvalue weighted by Gasteiger charge is -2.34. The maximum atomic E-state index is 12.2. The largest absolute Gasteiger partial charge is 0.480 e. The minimum Gasteiger partial charge on any atom is -0.480 e. The number of piperidine rings is 1. The van der Waals surface area contributed by atoms with E-state index < -0.39 is 12.0 Å². The second-order valence-corrected chi connectivity index (χ2v) is 4.90. The summed E-state index contributed by atoms with van der Waals surface area (Å²) in [6, 6.07) is -0.828. The molecule has 1 fully saturated rings. The Hall–Kier alpha value is -1.30. The van der Waals surface area contributed by atoms with Crippen molar-refractivity contribution >= 4 is 12.0 Å². The Balaban J connectivity index is 2.58. The van der Waals surface area contributed by atoms with Crippen molar-refractivity contribution in [3.05, 3.63) is 0 Å². The second kappa shape index (κ2) is 7.99. The van der Waals surface area contributed by atoms with Crippen LogP contribution in [0.25, 0.3) is 0 Å². The van der Waals surface area contributed by atoms with E-state index in [9.17, 15) is 9.59 Å². The van der Waals surface area contributed by atoms with Crippen molar-refractivity contribution in [1.82, 2.24) is 15.5 Å². The first-order valence-corrected chi connectivity index (χ1v) is 7.10. The molecular weight excluding hydrogens is 246 g/mol. The number of carboxylic acids is 1. The van der Waals surface area contributed by atoms with Crippen LogP contribution in [0.15, 0.2) is 0 Å². The predicted octanol–water partition coefficient (Wildman–Crippen LogP) is 1.02. The number of aliphatic carboxylic acids is 1. The molecule has 3 N–H and O–H groups in total. The Kier molecular flexibility index (Phi) is 6.62. The van der Waals surface area contributed by atoms with E-state index in [4.69, 9.17) is 5.11 Å². The SMILES string of the molecule is CCC[C@@H](NC(=O)N(CC)C1CCNCC1)C(=O)O. The van der Waals surface area contributed by atoms with Crippen LogP contribution in [0.4, 0.5) is 4.79 Å². The fourth-order valence-electron chi connectivity index (χ4n) is 2.46. The fourth-order valence-corrected chi connectivity index (χ4v) is 2.46. The summed E-state index contributed by atoms with van der Waals surface area (Å²) in [6.45, 7) is 6.26. The van der Waals surface area contributed by atoms with Gasteiger partial charge in [-0.3, -0.25) is 0 Å². The summed E-state index contributed by atoms with van der Waals surface area (Å²) < 4.78 is 0. The van der Waals surface area contributed by atoms with Crippen LogP contribution >= 0.6 is 0 Å². The average Bonchev–Trinajstić information content (AvgIpc) is 2.40. The number of rotatable bonds is 6. The third kappa shape index (κ3) is 4.70. The van der Waals surface area contributed by atoms with Gasteiger partial charge in [-0.1, -0.05) is 13.3 Å². The van der Waals surface area contributed by atoms with E-state index in [1.54, 1.807) is 4.90 Å². The highest BCUT2D eigenvalue weighted by molar-refractivity contribution is 5.82. The molecule has 0 unspecified atom stereocenters. The van der Waals surface area contributed by atoms with Crippen LogP contribution in [0.2, 0.25) is 0 Å². The van der Waals surface area contributed by atoms with E-state index in [-0.39, 0.29) is 12.1 Å². The first-order chi connectivity index (χ1) is 9.10. The van der Waals surface area contributed by atoms with Gasteiger partial charge >= 0.3 is 12.0 Å². The third-order valence-electron chi connectivity index (χ3n) is 3.52. The molecule has 1 rings (SSSR count). The summed E-state index contributed by atoms with van der Waals surface area (Å²) >= 11 is 0. The standard InChI is InChI=1S/C13H25N3O3/c1-3-5-11(12(17)18)15-13(19)16(4-2)10-6-8-14-9-7-10/h10-11,14H,3-9H2,1-2H3,(H,15,19)(H,17,18)/t11-/m1/s1. The number of carbonyl (C=O) groups is 2. The summed E-state index contributed by atoms with van der Waals surface area (Å²) in [5, 5.41) is 15.0. The number of hydrogen-bond acceptors (Lipinski definition) is 3. The topological polar surface area (TPSA) is 81.7 Å². The molecule has 1 atom stereocenters. The first-order valence-electron chi connectivity index (χ1n) is 7.10. The molecule has 110 valence electrons. The van der Waals surface area contributed by atoms with Gasteiger partial charge in [-0.05, 0) is 39.3 Å². The van der Waals surface area contributed by atoms with E-state index in [0.717, 1.165) is 32.4 Å². The molecule has 0 aromatic rings. The lowest BCUT2D eigenvalue weighted by Crippen LogP contribution is -2.53. The zero-order chi connectivity index (χ0) is 14.3. The van der Waals surface area contributed by atoms with Crippen LogP contribution in [0.3, 0.4) is 0 Å². The van der Waals surface area contributed by atoms with Crippen molar-refractivity contribution in [1.29, 1.82) is 0 Å². The highest BCUT2D eigenvalue weighted by Crippen LogP contribution is 2.12. The molecular formula is C13H25N3O3. The van der Waals surface area contributed by atoms with Crippen LogP contribution in [-0.2, 0) is 4.79 Å². The van der Waals surface area contributed by atoms with E-state index in [1.165, 1.54) is 0 Å². The quantitative estimate of drug-likeness (QED) is 0.674. The molecule has 1 aliphatic heterocycles. The molecule has 19 heavy (non-hydrogen) atoms. The van der Waals surface area contributed by atoms with Gasteiger partial charge in [0, 0.05) is 12.6 Å². The molecule has 6 nitrogen and oxygen atoms in total. The molecule has 1 aliphatic rings. The lowest BCUT2D eigenvalue weighted by molar-refractivity contribution is -0.139. The number of nitrogens with zero attached hydrogens (tertiary/aromatic N) is 1. The van der Waals surface area contributed by atoms with Gasteiger partial charge in [0.2, 0.25) is 0 Å². The van der Waals surface area contributed by atoms with E-state index in [0.29, 0.717) is 13.0 Å². The number of amides is 2. The smallest absolute Gasteiger partial charge is 0.326 e. The van der Waals surface area contributed by atoms with Crippen LogP contribution in [0.1, 0.15) is 39.5 Å². The Morgan fingerprint density at radius 3 is 2.47 bits per heavy atom. The zero-order valence-electron chi connectivity index (χ0n) is 11.8. The summed E-state index contributed by atoms with van der Waals surface area (Å²) in [6.07, 6.45) is 3.04.